The molecular formula is C9H19N3OS. The van der Waals surface area contributed by atoms with Gasteiger partial charge in [0.15, 0.2) is 0 Å². The number of rotatable bonds is 7. The fourth-order valence-corrected chi connectivity index (χ4v) is 1.37. The van der Waals surface area contributed by atoms with Gasteiger partial charge in [-0.15, -0.1) is 0 Å². The lowest BCUT2D eigenvalue weighted by atomic mass is 10.3. The summed E-state index contributed by atoms with van der Waals surface area (Å²) in [5, 5.41) is 2.59. The van der Waals surface area contributed by atoms with Crippen molar-refractivity contribution >= 4 is 23.1 Å². The van der Waals surface area contributed by atoms with E-state index < -0.39 is 0 Å². The van der Waals surface area contributed by atoms with E-state index in [1.807, 2.05) is 0 Å². The van der Waals surface area contributed by atoms with Crippen LogP contribution in [-0.4, -0.2) is 42.5 Å². The molecule has 14 heavy (non-hydrogen) atoms. The van der Waals surface area contributed by atoms with Gasteiger partial charge in [-0.05, 0) is 13.0 Å². The minimum Gasteiger partial charge on any atom is -0.392 e. The summed E-state index contributed by atoms with van der Waals surface area (Å²) in [6, 6.07) is 0. The van der Waals surface area contributed by atoms with E-state index in [4.69, 9.17) is 18.0 Å². The Morgan fingerprint density at radius 3 is 2.57 bits per heavy atom. The zero-order valence-corrected chi connectivity index (χ0v) is 9.69. The van der Waals surface area contributed by atoms with Gasteiger partial charge in [-0.3, -0.25) is 9.69 Å². The van der Waals surface area contributed by atoms with Crippen LogP contribution in [0, 0.1) is 0 Å². The predicted molar refractivity (Wildman–Crippen MR) is 62.2 cm³/mol. The van der Waals surface area contributed by atoms with Gasteiger partial charge in [0.25, 0.3) is 0 Å². The van der Waals surface area contributed by atoms with Crippen molar-refractivity contribution in [3.05, 3.63) is 0 Å². The smallest absolute Gasteiger partial charge is 0.221 e. The van der Waals surface area contributed by atoms with Gasteiger partial charge in [0.2, 0.25) is 5.91 Å². The van der Waals surface area contributed by atoms with E-state index in [1.165, 1.54) is 0 Å². The second-order valence-corrected chi connectivity index (χ2v) is 3.69. The number of hydrogen-bond donors (Lipinski definition) is 2. The second-order valence-electron chi connectivity index (χ2n) is 3.17. The molecule has 0 heterocycles. The molecule has 1 amide bonds. The largest absolute Gasteiger partial charge is 0.392 e. The van der Waals surface area contributed by atoms with E-state index in [9.17, 15) is 4.79 Å². The van der Waals surface area contributed by atoms with E-state index >= 15 is 0 Å². The molecule has 0 atom stereocenters. The highest BCUT2D eigenvalue weighted by Gasteiger charge is 2.07. The molecule has 0 fully saturated rings. The molecule has 5 heteroatoms. The summed E-state index contributed by atoms with van der Waals surface area (Å²) in [5.41, 5.74) is 5.45. The lowest BCUT2D eigenvalue weighted by Crippen LogP contribution is -2.36. The Bertz CT molecular complexity index is 196. The van der Waals surface area contributed by atoms with Gasteiger partial charge < -0.3 is 11.1 Å². The number of nitrogens with zero attached hydrogens (tertiary/aromatic N) is 1. The number of carbonyl (C=O) groups excluding carboxylic acids is 1. The van der Waals surface area contributed by atoms with Crippen molar-refractivity contribution in [2.45, 2.75) is 19.8 Å². The molecule has 0 aromatic heterocycles. The van der Waals surface area contributed by atoms with Gasteiger partial charge in [0, 0.05) is 26.6 Å². The van der Waals surface area contributed by atoms with Crippen LogP contribution in [-0.2, 0) is 4.79 Å². The Balaban J connectivity index is 3.83. The first kappa shape index (κ1) is 13.3. The maximum absolute atomic E-state index is 11.0. The summed E-state index contributed by atoms with van der Waals surface area (Å²) >= 11 is 4.83. The molecule has 0 aliphatic rings. The van der Waals surface area contributed by atoms with Crippen LogP contribution >= 0.6 is 12.2 Å². The lowest BCUT2D eigenvalue weighted by Gasteiger charge is -2.20. The molecule has 0 bridgehead atoms. The maximum atomic E-state index is 11.0. The fraction of sp³-hybridized carbons (Fsp3) is 0.778. The van der Waals surface area contributed by atoms with Gasteiger partial charge in [-0.2, -0.15) is 0 Å². The number of nitrogens with two attached hydrogens (primary N) is 1. The zero-order valence-electron chi connectivity index (χ0n) is 8.88. The molecule has 3 N–H and O–H groups in total. The Kier molecular flexibility index (Phi) is 7.32. The average Bonchev–Trinajstić information content (AvgIpc) is 2.13. The number of hydrogen-bond acceptors (Lipinski definition) is 3. The highest BCUT2D eigenvalue weighted by Crippen LogP contribution is 1.94. The van der Waals surface area contributed by atoms with Crippen molar-refractivity contribution in [3.63, 3.8) is 0 Å². The van der Waals surface area contributed by atoms with Crippen LogP contribution in [0.4, 0.5) is 0 Å². The third kappa shape index (κ3) is 6.80. The van der Waals surface area contributed by atoms with E-state index in [-0.39, 0.29) is 5.91 Å². The summed E-state index contributed by atoms with van der Waals surface area (Å²) in [6.07, 6.45) is 1.54. The van der Waals surface area contributed by atoms with Crippen LogP contribution in [0.3, 0.4) is 0 Å². The van der Waals surface area contributed by atoms with Crippen molar-refractivity contribution in [2.24, 2.45) is 5.73 Å². The third-order valence-corrected chi connectivity index (χ3v) is 1.98. The molecule has 0 spiro atoms. The average molecular weight is 217 g/mol. The Morgan fingerprint density at radius 1 is 1.50 bits per heavy atom. The monoisotopic (exact) mass is 217 g/mol. The topological polar surface area (TPSA) is 58.4 Å². The Labute approximate surface area is 90.8 Å². The van der Waals surface area contributed by atoms with Gasteiger partial charge >= 0.3 is 0 Å². The van der Waals surface area contributed by atoms with E-state index in [0.717, 1.165) is 13.0 Å². The third-order valence-electron chi connectivity index (χ3n) is 1.85. The molecular weight excluding hydrogens is 198 g/mol. The van der Waals surface area contributed by atoms with E-state index in [0.29, 0.717) is 24.5 Å². The summed E-state index contributed by atoms with van der Waals surface area (Å²) < 4.78 is 0. The Morgan fingerprint density at radius 2 is 2.14 bits per heavy atom. The quantitative estimate of drug-likeness (QED) is 0.595. The number of carbonyl (C=O) groups is 1. The van der Waals surface area contributed by atoms with Crippen LogP contribution in [0.15, 0.2) is 0 Å². The van der Waals surface area contributed by atoms with Crippen LogP contribution in [0.1, 0.15) is 19.8 Å². The summed E-state index contributed by atoms with van der Waals surface area (Å²) in [6.45, 7) is 4.33. The van der Waals surface area contributed by atoms with Crippen LogP contribution in [0.25, 0.3) is 0 Å². The van der Waals surface area contributed by atoms with Gasteiger partial charge in [0.1, 0.15) is 0 Å². The maximum Gasteiger partial charge on any atom is 0.221 e. The van der Waals surface area contributed by atoms with Gasteiger partial charge in [0.05, 0.1) is 4.99 Å². The molecule has 0 radical (unpaired) electrons. The summed E-state index contributed by atoms with van der Waals surface area (Å²) in [7, 11) is 1.64. The first-order valence-corrected chi connectivity index (χ1v) is 5.22. The van der Waals surface area contributed by atoms with E-state index in [2.05, 4.69) is 17.1 Å². The molecule has 0 aliphatic heterocycles. The van der Waals surface area contributed by atoms with Crippen molar-refractivity contribution in [2.75, 3.05) is 26.7 Å². The van der Waals surface area contributed by atoms with E-state index in [1.54, 1.807) is 7.05 Å². The van der Waals surface area contributed by atoms with Gasteiger partial charge in [-0.1, -0.05) is 19.1 Å². The minimum atomic E-state index is 0.0500. The predicted octanol–water partition coefficient (Wildman–Crippen LogP) is 0.121. The number of nitrogens with one attached hydrogen (secondary N) is 1. The Hall–Kier alpha value is -0.680. The minimum absolute atomic E-state index is 0.0500. The lowest BCUT2D eigenvalue weighted by molar-refractivity contribution is -0.120. The fourth-order valence-electron chi connectivity index (χ4n) is 1.19. The number of thiocarbonyl (C=S) groups is 1. The first-order chi connectivity index (χ1) is 6.60. The molecule has 0 aromatic carbocycles. The number of amides is 1. The summed E-state index contributed by atoms with van der Waals surface area (Å²) in [5.74, 6) is 0.0500. The molecule has 0 aliphatic carbocycles. The zero-order chi connectivity index (χ0) is 11.0. The van der Waals surface area contributed by atoms with Crippen LogP contribution < -0.4 is 11.1 Å². The first-order valence-electron chi connectivity index (χ1n) is 4.81. The molecule has 82 valence electrons. The van der Waals surface area contributed by atoms with Crippen molar-refractivity contribution in [1.29, 1.82) is 0 Å². The van der Waals surface area contributed by atoms with Gasteiger partial charge in [-0.25, -0.2) is 0 Å². The van der Waals surface area contributed by atoms with Crippen LogP contribution in [0.5, 0.6) is 0 Å². The molecule has 0 aromatic rings. The van der Waals surface area contributed by atoms with Crippen molar-refractivity contribution < 1.29 is 4.79 Å². The van der Waals surface area contributed by atoms with Crippen molar-refractivity contribution in [1.82, 2.24) is 10.2 Å². The van der Waals surface area contributed by atoms with Crippen molar-refractivity contribution in [3.8, 4) is 0 Å². The SMILES string of the molecule is CCCN(CCC(=O)NC)CC(N)=S. The molecule has 0 saturated carbocycles. The summed E-state index contributed by atoms with van der Waals surface area (Å²) in [4.78, 5) is 13.6. The second kappa shape index (κ2) is 7.70. The molecule has 0 unspecified atom stereocenters. The molecule has 0 rings (SSSR count). The normalized spacial score (nSPS) is 10.2. The highest BCUT2D eigenvalue weighted by molar-refractivity contribution is 7.80. The molecule has 4 nitrogen and oxygen atoms in total. The van der Waals surface area contributed by atoms with Crippen LogP contribution in [0.2, 0.25) is 0 Å². The standard InChI is InChI=1S/C9H19N3OS/c1-3-5-12(7-8(10)14)6-4-9(13)11-2/h3-7H2,1-2H3,(H2,10,14)(H,11,13). The molecule has 0 saturated heterocycles. The highest BCUT2D eigenvalue weighted by atomic mass is 32.1.